The van der Waals surface area contributed by atoms with Crippen molar-refractivity contribution in [1.82, 2.24) is 9.80 Å². The molecule has 3 rings (SSSR count). The molecule has 0 aliphatic carbocycles. The zero-order valence-corrected chi connectivity index (χ0v) is 20.4. The largest absolute Gasteiger partial charge is 0.373 e. The van der Waals surface area contributed by atoms with Gasteiger partial charge in [-0.3, -0.25) is 0 Å². The van der Waals surface area contributed by atoms with Crippen molar-refractivity contribution in [3.63, 3.8) is 0 Å². The van der Waals surface area contributed by atoms with Gasteiger partial charge in [-0.2, -0.15) is 0 Å². The third kappa shape index (κ3) is 10.6. The number of hydrogen-bond acceptors (Lipinski definition) is 2. The van der Waals surface area contributed by atoms with Gasteiger partial charge in [0.25, 0.3) is 0 Å². The van der Waals surface area contributed by atoms with Crippen LogP contribution in [-0.2, 0) is 0 Å². The molecule has 0 saturated heterocycles. The first kappa shape index (κ1) is 24.7. The molecule has 0 fully saturated rings. The molecule has 0 unspecified atom stereocenters. The molecule has 0 aromatic carbocycles. The van der Waals surface area contributed by atoms with E-state index in [2.05, 4.69) is 70.8 Å². The van der Waals surface area contributed by atoms with Gasteiger partial charge in [0.15, 0.2) is 0 Å². The number of fused-ring (bicyclic) bond motifs is 2. The molecule has 2 heteroatoms. The lowest BCUT2D eigenvalue weighted by Gasteiger charge is -2.23. The van der Waals surface area contributed by atoms with Crippen molar-refractivity contribution in [2.24, 2.45) is 0 Å². The minimum atomic E-state index is 1.08. The van der Waals surface area contributed by atoms with Crippen molar-refractivity contribution >= 4 is 0 Å². The maximum Gasteiger partial charge on any atom is 0.0357 e. The topological polar surface area (TPSA) is 6.48 Å². The molecule has 0 aromatic rings. The van der Waals surface area contributed by atoms with Crippen molar-refractivity contribution in [2.45, 2.75) is 89.9 Å². The summed E-state index contributed by atoms with van der Waals surface area (Å²) in [5.74, 6) is 0. The van der Waals surface area contributed by atoms with Crippen LogP contribution in [0.15, 0.2) is 72.2 Å². The Hall–Kier alpha value is -1.96. The molecule has 0 saturated carbocycles. The Balaban J connectivity index is 1.43. The molecule has 176 valence electrons. The fourth-order valence-corrected chi connectivity index (χ4v) is 4.79. The van der Waals surface area contributed by atoms with Crippen LogP contribution in [0, 0.1) is 0 Å². The van der Waals surface area contributed by atoms with Crippen molar-refractivity contribution in [3.05, 3.63) is 72.2 Å². The van der Waals surface area contributed by atoms with Gasteiger partial charge in [-0.25, -0.2) is 0 Å². The SMILES string of the molecule is C1=CCCN2C=C(C=CC2)CCCCCCC=CCCN2C=C(C=CC2)CCCCCC1. The summed E-state index contributed by atoms with van der Waals surface area (Å²) in [4.78, 5) is 4.98. The Morgan fingerprint density at radius 3 is 1.38 bits per heavy atom. The van der Waals surface area contributed by atoms with Crippen LogP contribution < -0.4 is 0 Å². The lowest BCUT2D eigenvalue weighted by Crippen LogP contribution is -2.21. The van der Waals surface area contributed by atoms with E-state index in [1.54, 1.807) is 0 Å². The van der Waals surface area contributed by atoms with Gasteiger partial charge in [-0.1, -0.05) is 74.3 Å². The second-order valence-corrected chi connectivity index (χ2v) is 9.63. The summed E-state index contributed by atoms with van der Waals surface area (Å²) in [6.45, 7) is 4.45. The highest BCUT2D eigenvalue weighted by molar-refractivity contribution is 5.23. The third-order valence-electron chi connectivity index (χ3n) is 6.71. The van der Waals surface area contributed by atoms with E-state index < -0.39 is 0 Å². The quantitative estimate of drug-likeness (QED) is 0.355. The van der Waals surface area contributed by atoms with E-state index in [4.69, 9.17) is 0 Å². The lowest BCUT2D eigenvalue weighted by molar-refractivity contribution is 0.413. The monoisotopic (exact) mass is 434 g/mol. The molecular weight excluding hydrogens is 388 g/mol. The van der Waals surface area contributed by atoms with Gasteiger partial charge in [0, 0.05) is 38.6 Å². The van der Waals surface area contributed by atoms with Gasteiger partial charge < -0.3 is 9.80 Å². The Morgan fingerprint density at radius 2 is 0.875 bits per heavy atom. The van der Waals surface area contributed by atoms with Crippen LogP contribution in [0.1, 0.15) is 89.9 Å². The van der Waals surface area contributed by atoms with Gasteiger partial charge in [-0.05, 0) is 75.4 Å². The van der Waals surface area contributed by atoms with Crippen LogP contribution in [0.2, 0.25) is 0 Å². The maximum absolute atomic E-state index is 2.49. The van der Waals surface area contributed by atoms with E-state index in [-0.39, 0.29) is 0 Å². The van der Waals surface area contributed by atoms with Crippen molar-refractivity contribution < 1.29 is 0 Å². The van der Waals surface area contributed by atoms with E-state index >= 15 is 0 Å². The van der Waals surface area contributed by atoms with E-state index in [9.17, 15) is 0 Å². The highest BCUT2D eigenvalue weighted by Crippen LogP contribution is 2.18. The van der Waals surface area contributed by atoms with Crippen LogP contribution in [-0.4, -0.2) is 36.0 Å². The second-order valence-electron chi connectivity index (χ2n) is 9.63. The first-order valence-electron chi connectivity index (χ1n) is 13.4. The minimum absolute atomic E-state index is 1.08. The van der Waals surface area contributed by atoms with E-state index in [0.717, 1.165) is 26.2 Å². The van der Waals surface area contributed by atoms with Gasteiger partial charge in [0.1, 0.15) is 0 Å². The van der Waals surface area contributed by atoms with E-state index in [1.807, 2.05) is 0 Å². The summed E-state index contributed by atoms with van der Waals surface area (Å²) in [7, 11) is 0. The van der Waals surface area contributed by atoms with Gasteiger partial charge in [-0.15, -0.1) is 0 Å². The Bertz CT molecular complexity index is 632. The standard InChI is InChI=1S/C30H46N2/c1-3-7-11-15-23-31-25-18-22-30(28-31)20-14-10-6-2-4-8-12-16-24-32-26-17-21-29(27-32)19-13-9-5-1/h7-8,11-12,17-18,21-22,27-28H,1-6,9-10,13-16,19-20,23-26H2. The zero-order valence-electron chi connectivity index (χ0n) is 20.4. The first-order valence-corrected chi connectivity index (χ1v) is 13.4. The molecule has 0 radical (unpaired) electrons. The van der Waals surface area contributed by atoms with Crippen LogP contribution in [0.5, 0.6) is 0 Å². The average Bonchev–Trinajstić information content (AvgIpc) is 2.81. The van der Waals surface area contributed by atoms with Gasteiger partial charge in [0.2, 0.25) is 0 Å². The number of rotatable bonds is 0. The predicted octanol–water partition coefficient (Wildman–Crippen LogP) is 8.09. The average molecular weight is 435 g/mol. The van der Waals surface area contributed by atoms with Gasteiger partial charge in [0.05, 0.1) is 0 Å². The highest BCUT2D eigenvalue weighted by atomic mass is 15.1. The summed E-state index contributed by atoms with van der Waals surface area (Å²) in [6.07, 6.45) is 41.9. The third-order valence-corrected chi connectivity index (χ3v) is 6.71. The molecule has 0 amide bonds. The zero-order chi connectivity index (χ0) is 22.1. The number of hydrogen-bond donors (Lipinski definition) is 0. The molecule has 0 aromatic heterocycles. The molecular formula is C30H46N2. The van der Waals surface area contributed by atoms with Crippen LogP contribution in [0.3, 0.4) is 0 Å². The molecule has 0 N–H and O–H groups in total. The molecule has 32 heavy (non-hydrogen) atoms. The molecule has 0 spiro atoms. The van der Waals surface area contributed by atoms with Crippen LogP contribution in [0.4, 0.5) is 0 Å². The Kier molecular flexibility index (Phi) is 12.2. The summed E-state index contributed by atoms with van der Waals surface area (Å²) in [5, 5.41) is 0. The minimum Gasteiger partial charge on any atom is -0.373 e. The van der Waals surface area contributed by atoms with Gasteiger partial charge >= 0.3 is 0 Å². The van der Waals surface area contributed by atoms with Crippen LogP contribution in [0.25, 0.3) is 0 Å². The predicted molar refractivity (Wildman–Crippen MR) is 141 cm³/mol. The normalized spacial score (nSPS) is 23.0. The fourth-order valence-electron chi connectivity index (χ4n) is 4.79. The van der Waals surface area contributed by atoms with Crippen LogP contribution >= 0.6 is 0 Å². The smallest absolute Gasteiger partial charge is 0.0357 e. The lowest BCUT2D eigenvalue weighted by atomic mass is 10.0. The highest BCUT2D eigenvalue weighted by Gasteiger charge is 2.06. The summed E-state index contributed by atoms with van der Waals surface area (Å²) >= 11 is 0. The number of nitrogens with zero attached hydrogens (tertiary/aromatic N) is 2. The fraction of sp³-hybridized carbons (Fsp3) is 0.600. The Morgan fingerprint density at radius 1 is 0.438 bits per heavy atom. The second kappa shape index (κ2) is 15.8. The Labute approximate surface area is 198 Å². The summed E-state index contributed by atoms with van der Waals surface area (Å²) in [6, 6.07) is 0. The van der Waals surface area contributed by atoms with E-state index in [1.165, 1.54) is 101 Å². The summed E-state index contributed by atoms with van der Waals surface area (Å²) < 4.78 is 0. The molecule has 0 atom stereocenters. The first-order chi connectivity index (χ1) is 15.9. The number of allylic oxidation sites excluding steroid dienone is 6. The maximum atomic E-state index is 2.49. The molecule has 3 heterocycles. The van der Waals surface area contributed by atoms with Crippen molar-refractivity contribution in [3.8, 4) is 0 Å². The molecule has 3 aliphatic rings. The molecule has 2 nitrogen and oxygen atoms in total. The molecule has 4 bridgehead atoms. The summed E-state index contributed by atoms with van der Waals surface area (Å²) in [5.41, 5.74) is 3.04. The van der Waals surface area contributed by atoms with Crippen molar-refractivity contribution in [2.75, 3.05) is 26.2 Å². The van der Waals surface area contributed by atoms with E-state index in [0.29, 0.717) is 0 Å². The molecule has 3 aliphatic heterocycles. The van der Waals surface area contributed by atoms with Crippen molar-refractivity contribution in [1.29, 1.82) is 0 Å².